The van der Waals surface area contributed by atoms with Gasteiger partial charge in [0.25, 0.3) is 7.82 Å². The Morgan fingerprint density at radius 1 is 0.642 bits per heavy atom. The van der Waals surface area contributed by atoms with Crippen molar-refractivity contribution in [3.8, 4) is 0 Å². The summed E-state index contributed by atoms with van der Waals surface area (Å²) in [7, 11) is 0.986. The minimum atomic E-state index is -4.73. The molecule has 0 aliphatic rings. The van der Waals surface area contributed by atoms with Crippen LogP contribution in [0.15, 0.2) is 0 Å². The molecule has 0 saturated carbocycles. The Hall–Kier alpha value is -0.580. The standard InChI is InChI=1S/C42H87N2O8P/c1-7-8-9-10-11-12-13-14-15-16-17-18-19-24-27-30-33-40(46)42(48)43-38(36-52-53(49,50)51-35-34-44(4,5)6)41(47)39(45)32-29-26-23-21-20-22-25-28-31-37(2)3/h37-41,45-47H,7-36H2,1-6H3,(H-,43,48,49,50)/t38-,39+,40?,41-/m0/s1. The van der Waals surface area contributed by atoms with Gasteiger partial charge >= 0.3 is 0 Å². The van der Waals surface area contributed by atoms with Crippen molar-refractivity contribution in [2.75, 3.05) is 40.9 Å². The number of hydrogen-bond donors (Lipinski definition) is 4. The average Bonchev–Trinajstić information content (AvgIpc) is 3.09. The lowest BCUT2D eigenvalue weighted by molar-refractivity contribution is -0.870. The molecule has 2 unspecified atom stereocenters. The third-order valence-corrected chi connectivity index (χ3v) is 11.2. The van der Waals surface area contributed by atoms with E-state index in [1.807, 2.05) is 21.1 Å². The van der Waals surface area contributed by atoms with Crippen LogP contribution in [0, 0.1) is 5.92 Å². The van der Waals surface area contributed by atoms with E-state index in [0.29, 0.717) is 30.3 Å². The summed E-state index contributed by atoms with van der Waals surface area (Å²) in [6, 6.07) is -1.24. The van der Waals surface area contributed by atoms with Gasteiger partial charge in [-0.05, 0) is 18.8 Å². The number of hydrogen-bond acceptors (Lipinski definition) is 8. The second-order valence-corrected chi connectivity index (χ2v) is 18.6. The number of aliphatic hydroxyl groups is 3. The first-order chi connectivity index (χ1) is 25.2. The minimum absolute atomic E-state index is 0.0809. The predicted molar refractivity (Wildman–Crippen MR) is 218 cm³/mol. The average molecular weight is 779 g/mol. The monoisotopic (exact) mass is 779 g/mol. The van der Waals surface area contributed by atoms with E-state index in [2.05, 4.69) is 26.1 Å². The number of nitrogens with one attached hydrogen (secondary N) is 1. The Labute approximate surface area is 326 Å². The minimum Gasteiger partial charge on any atom is -0.756 e. The van der Waals surface area contributed by atoms with Crippen LogP contribution in [0.4, 0.5) is 0 Å². The summed E-state index contributed by atoms with van der Waals surface area (Å²) in [4.78, 5) is 25.4. The number of rotatable bonds is 39. The molecule has 1 amide bonds. The molecule has 11 heteroatoms. The number of aliphatic hydroxyl groups excluding tert-OH is 3. The number of amides is 1. The van der Waals surface area contributed by atoms with E-state index >= 15 is 0 Å². The molecule has 0 aliphatic carbocycles. The molecule has 0 fully saturated rings. The Balaban J connectivity index is 4.60. The van der Waals surface area contributed by atoms with Crippen LogP contribution in [0.2, 0.25) is 0 Å². The van der Waals surface area contributed by atoms with Gasteiger partial charge in [0.15, 0.2) is 0 Å². The topological polar surface area (TPSA) is 148 Å². The van der Waals surface area contributed by atoms with Gasteiger partial charge in [-0.15, -0.1) is 0 Å². The number of likely N-dealkylation sites (N-methyl/N-ethyl adjacent to an activating group) is 1. The van der Waals surface area contributed by atoms with Crippen molar-refractivity contribution in [3.63, 3.8) is 0 Å². The quantitative estimate of drug-likeness (QED) is 0.0275. The van der Waals surface area contributed by atoms with E-state index in [0.717, 1.165) is 44.4 Å². The molecule has 10 nitrogen and oxygen atoms in total. The number of phosphoric ester groups is 1. The molecule has 0 aliphatic heterocycles. The highest BCUT2D eigenvalue weighted by Crippen LogP contribution is 2.38. The summed E-state index contributed by atoms with van der Waals surface area (Å²) in [5.74, 6) is 0.0386. The van der Waals surface area contributed by atoms with Crippen molar-refractivity contribution < 1.29 is 43.1 Å². The van der Waals surface area contributed by atoms with Crippen molar-refractivity contribution >= 4 is 13.7 Å². The first-order valence-corrected chi connectivity index (χ1v) is 23.4. The van der Waals surface area contributed by atoms with Crippen molar-refractivity contribution in [2.24, 2.45) is 5.92 Å². The fourth-order valence-electron chi connectivity index (χ4n) is 6.56. The smallest absolute Gasteiger partial charge is 0.268 e. The van der Waals surface area contributed by atoms with Gasteiger partial charge < -0.3 is 39.1 Å². The summed E-state index contributed by atoms with van der Waals surface area (Å²) in [5, 5.41) is 35.0. The second-order valence-electron chi connectivity index (χ2n) is 17.2. The van der Waals surface area contributed by atoms with E-state index in [4.69, 9.17) is 9.05 Å². The molecule has 4 N–H and O–H groups in total. The molecule has 0 aromatic heterocycles. The van der Waals surface area contributed by atoms with Gasteiger partial charge in [0, 0.05) is 0 Å². The number of quaternary nitrogens is 1. The zero-order valence-corrected chi connectivity index (χ0v) is 36.3. The maximum absolute atomic E-state index is 12.9. The SMILES string of the molecule is CCCCCCCCCCCCCCCCCCC(O)C(=O)N[C@@H](COP(=O)([O-])OCC[N+](C)(C)C)[C@H](O)[C@H](O)CCCCCCCCCCC(C)C. The van der Waals surface area contributed by atoms with E-state index in [9.17, 15) is 29.6 Å². The first-order valence-electron chi connectivity index (χ1n) is 21.9. The Kier molecular flexibility index (Phi) is 33.2. The largest absolute Gasteiger partial charge is 0.756 e. The molecule has 0 rings (SSSR count). The molecule has 0 aromatic carbocycles. The normalized spacial score (nSPS) is 15.7. The van der Waals surface area contributed by atoms with Crippen molar-refractivity contribution in [1.82, 2.24) is 5.32 Å². The van der Waals surface area contributed by atoms with Crippen LogP contribution >= 0.6 is 7.82 Å². The molecule has 0 spiro atoms. The van der Waals surface area contributed by atoms with E-state index in [1.165, 1.54) is 109 Å². The number of phosphoric acid groups is 1. The molecule has 0 heterocycles. The number of carbonyl (C=O) groups is 1. The highest BCUT2D eigenvalue weighted by atomic mass is 31.2. The fraction of sp³-hybridized carbons (Fsp3) is 0.976. The highest BCUT2D eigenvalue weighted by molar-refractivity contribution is 7.45. The van der Waals surface area contributed by atoms with Crippen LogP contribution in [0.1, 0.15) is 194 Å². The van der Waals surface area contributed by atoms with Gasteiger partial charge in [-0.1, -0.05) is 181 Å². The summed E-state index contributed by atoms with van der Waals surface area (Å²) < 4.78 is 23.0. The lowest BCUT2D eigenvalue weighted by Gasteiger charge is -2.31. The maximum Gasteiger partial charge on any atom is 0.268 e. The zero-order valence-electron chi connectivity index (χ0n) is 35.4. The van der Waals surface area contributed by atoms with Gasteiger partial charge in [0.05, 0.1) is 39.9 Å². The van der Waals surface area contributed by atoms with Gasteiger partial charge in [-0.2, -0.15) is 0 Å². The fourth-order valence-corrected chi connectivity index (χ4v) is 7.29. The molecule has 5 atom stereocenters. The summed E-state index contributed by atoms with van der Waals surface area (Å²) in [5.41, 5.74) is 0. The number of carbonyl (C=O) groups excluding carboxylic acids is 1. The summed E-state index contributed by atoms with van der Waals surface area (Å²) >= 11 is 0. The van der Waals surface area contributed by atoms with Crippen molar-refractivity contribution in [2.45, 2.75) is 218 Å². The van der Waals surface area contributed by atoms with Crippen molar-refractivity contribution in [3.05, 3.63) is 0 Å². The van der Waals surface area contributed by atoms with E-state index < -0.39 is 44.7 Å². The van der Waals surface area contributed by atoms with E-state index in [1.54, 1.807) is 0 Å². The second kappa shape index (κ2) is 33.5. The number of unbranched alkanes of at least 4 members (excludes halogenated alkanes) is 22. The molecular formula is C42H87N2O8P. The van der Waals surface area contributed by atoms with Crippen molar-refractivity contribution in [1.29, 1.82) is 0 Å². The van der Waals surface area contributed by atoms with Crippen LogP contribution in [0.25, 0.3) is 0 Å². The maximum atomic E-state index is 12.9. The summed E-state index contributed by atoms with van der Waals surface area (Å²) in [6.07, 6.45) is 26.4. The molecule has 0 bridgehead atoms. The molecule has 53 heavy (non-hydrogen) atoms. The van der Waals surface area contributed by atoms with Gasteiger partial charge in [-0.25, -0.2) is 0 Å². The third kappa shape index (κ3) is 34.4. The Morgan fingerprint density at radius 3 is 1.45 bits per heavy atom. The van der Waals surface area contributed by atoms with Gasteiger partial charge in [0.1, 0.15) is 25.4 Å². The Bertz CT molecular complexity index is 888. The van der Waals surface area contributed by atoms with Crippen LogP contribution in [0.3, 0.4) is 0 Å². The van der Waals surface area contributed by atoms with Crippen LogP contribution in [0.5, 0.6) is 0 Å². The molecule has 318 valence electrons. The summed E-state index contributed by atoms with van der Waals surface area (Å²) in [6.45, 7) is 6.51. The zero-order chi connectivity index (χ0) is 39.8. The first kappa shape index (κ1) is 52.4. The van der Waals surface area contributed by atoms with Crippen LogP contribution < -0.4 is 10.2 Å². The molecule has 0 radical (unpaired) electrons. The molecular weight excluding hydrogens is 691 g/mol. The number of nitrogens with zero attached hydrogens (tertiary/aromatic N) is 1. The Morgan fingerprint density at radius 2 is 1.04 bits per heavy atom. The lowest BCUT2D eigenvalue weighted by Crippen LogP contribution is -2.53. The third-order valence-electron chi connectivity index (χ3n) is 10.2. The predicted octanol–water partition coefficient (Wildman–Crippen LogP) is 8.97. The van der Waals surface area contributed by atoms with Gasteiger partial charge in [0.2, 0.25) is 5.91 Å². The molecule has 0 saturated heterocycles. The highest BCUT2D eigenvalue weighted by Gasteiger charge is 2.31. The van der Waals surface area contributed by atoms with Crippen LogP contribution in [-0.2, 0) is 18.4 Å². The van der Waals surface area contributed by atoms with E-state index in [-0.39, 0.29) is 13.0 Å². The lowest BCUT2D eigenvalue weighted by atomic mass is 9.99. The molecule has 0 aromatic rings. The van der Waals surface area contributed by atoms with Crippen LogP contribution in [-0.4, -0.2) is 91.0 Å². The van der Waals surface area contributed by atoms with Gasteiger partial charge in [-0.3, -0.25) is 9.36 Å².